The summed E-state index contributed by atoms with van der Waals surface area (Å²) in [7, 11) is 0. The van der Waals surface area contributed by atoms with E-state index in [1.54, 1.807) is 29.2 Å². The standard InChI is InChI=1S/C20H21NO3/c1-4-9-21-17-8-7-16(22)12-18(17)24-19(20(21)23)11-15-10-13(2)5-6-14(15)3/h4-8,10,12,19,22H,1,9,11H2,2-3H3. The molecule has 0 fully saturated rings. The monoisotopic (exact) mass is 323 g/mol. The molecule has 0 bridgehead atoms. The maximum Gasteiger partial charge on any atom is 0.268 e. The minimum Gasteiger partial charge on any atom is -0.508 e. The van der Waals surface area contributed by atoms with Gasteiger partial charge in [0.05, 0.1) is 5.69 Å². The second kappa shape index (κ2) is 6.40. The fraction of sp³-hybridized carbons (Fsp3) is 0.250. The van der Waals surface area contributed by atoms with Crippen molar-refractivity contribution in [2.24, 2.45) is 0 Å². The van der Waals surface area contributed by atoms with Crippen LogP contribution in [0.25, 0.3) is 0 Å². The Morgan fingerprint density at radius 1 is 1.25 bits per heavy atom. The van der Waals surface area contributed by atoms with Gasteiger partial charge in [0.1, 0.15) is 11.5 Å². The van der Waals surface area contributed by atoms with Crippen LogP contribution in [0.5, 0.6) is 11.5 Å². The van der Waals surface area contributed by atoms with Crippen molar-refractivity contribution in [2.45, 2.75) is 26.4 Å². The summed E-state index contributed by atoms with van der Waals surface area (Å²) in [4.78, 5) is 14.5. The van der Waals surface area contributed by atoms with Gasteiger partial charge >= 0.3 is 0 Å². The first-order valence-electron chi connectivity index (χ1n) is 7.97. The first-order valence-corrected chi connectivity index (χ1v) is 7.97. The van der Waals surface area contributed by atoms with Crippen LogP contribution in [-0.2, 0) is 11.2 Å². The zero-order valence-electron chi connectivity index (χ0n) is 14.0. The number of anilines is 1. The van der Waals surface area contributed by atoms with Gasteiger partial charge in [-0.05, 0) is 37.1 Å². The van der Waals surface area contributed by atoms with Crippen LogP contribution in [0.4, 0.5) is 5.69 Å². The van der Waals surface area contributed by atoms with Gasteiger partial charge in [-0.15, -0.1) is 6.58 Å². The molecule has 1 aliphatic heterocycles. The third kappa shape index (κ3) is 3.00. The van der Waals surface area contributed by atoms with Crippen molar-refractivity contribution in [1.29, 1.82) is 0 Å². The number of carbonyl (C=O) groups is 1. The van der Waals surface area contributed by atoms with Crippen LogP contribution in [0.2, 0.25) is 0 Å². The van der Waals surface area contributed by atoms with E-state index in [9.17, 15) is 9.90 Å². The van der Waals surface area contributed by atoms with E-state index in [0.29, 0.717) is 24.4 Å². The molecule has 0 radical (unpaired) electrons. The van der Waals surface area contributed by atoms with E-state index in [-0.39, 0.29) is 11.7 Å². The number of hydrogen-bond acceptors (Lipinski definition) is 3. The Morgan fingerprint density at radius 2 is 2.04 bits per heavy atom. The molecule has 2 aromatic rings. The molecule has 1 atom stereocenters. The highest BCUT2D eigenvalue weighted by molar-refractivity contribution is 6.00. The third-order valence-corrected chi connectivity index (χ3v) is 4.27. The first kappa shape index (κ1) is 16.1. The van der Waals surface area contributed by atoms with Gasteiger partial charge in [-0.3, -0.25) is 4.79 Å². The van der Waals surface area contributed by atoms with Gasteiger partial charge in [0.2, 0.25) is 0 Å². The maximum atomic E-state index is 12.9. The van der Waals surface area contributed by atoms with Crippen LogP contribution in [-0.4, -0.2) is 23.7 Å². The Balaban J connectivity index is 1.96. The third-order valence-electron chi connectivity index (χ3n) is 4.27. The van der Waals surface area contributed by atoms with Crippen LogP contribution in [0.3, 0.4) is 0 Å². The molecule has 4 heteroatoms. The Hall–Kier alpha value is -2.75. The van der Waals surface area contributed by atoms with Crippen molar-refractivity contribution in [2.75, 3.05) is 11.4 Å². The summed E-state index contributed by atoms with van der Waals surface area (Å²) < 4.78 is 5.91. The molecule has 3 rings (SSSR count). The fourth-order valence-corrected chi connectivity index (χ4v) is 2.98. The van der Waals surface area contributed by atoms with E-state index in [2.05, 4.69) is 24.8 Å². The zero-order valence-corrected chi connectivity index (χ0v) is 14.0. The summed E-state index contributed by atoms with van der Waals surface area (Å²) >= 11 is 0. The van der Waals surface area contributed by atoms with Crippen LogP contribution < -0.4 is 9.64 Å². The Morgan fingerprint density at radius 3 is 2.79 bits per heavy atom. The summed E-state index contributed by atoms with van der Waals surface area (Å²) in [5, 5.41) is 9.72. The number of nitrogens with zero attached hydrogens (tertiary/aromatic N) is 1. The maximum absolute atomic E-state index is 12.9. The topological polar surface area (TPSA) is 49.8 Å². The van der Waals surface area contributed by atoms with Gasteiger partial charge in [-0.2, -0.15) is 0 Å². The molecule has 124 valence electrons. The Kier molecular flexibility index (Phi) is 4.30. The molecule has 4 nitrogen and oxygen atoms in total. The number of rotatable bonds is 4. The molecule has 0 aliphatic carbocycles. The lowest BCUT2D eigenvalue weighted by atomic mass is 9.98. The predicted molar refractivity (Wildman–Crippen MR) is 94.7 cm³/mol. The number of phenolic OH excluding ortho intramolecular Hbond substituents is 1. The average molecular weight is 323 g/mol. The van der Waals surface area contributed by atoms with Crippen molar-refractivity contribution >= 4 is 11.6 Å². The quantitative estimate of drug-likeness (QED) is 0.876. The fourth-order valence-electron chi connectivity index (χ4n) is 2.98. The van der Waals surface area contributed by atoms with Crippen LogP contribution >= 0.6 is 0 Å². The molecule has 1 aliphatic rings. The molecule has 0 saturated heterocycles. The number of aryl methyl sites for hydroxylation is 2. The van der Waals surface area contributed by atoms with Crippen LogP contribution in [0.1, 0.15) is 16.7 Å². The first-order chi connectivity index (χ1) is 11.5. The highest BCUT2D eigenvalue weighted by Crippen LogP contribution is 2.37. The lowest BCUT2D eigenvalue weighted by Gasteiger charge is -2.34. The largest absolute Gasteiger partial charge is 0.508 e. The van der Waals surface area contributed by atoms with Gasteiger partial charge in [0, 0.05) is 19.0 Å². The van der Waals surface area contributed by atoms with E-state index >= 15 is 0 Å². The highest BCUT2D eigenvalue weighted by atomic mass is 16.5. The van der Waals surface area contributed by atoms with E-state index in [4.69, 9.17) is 4.74 Å². The molecule has 1 N–H and O–H groups in total. The summed E-state index contributed by atoms with van der Waals surface area (Å²) in [6, 6.07) is 11.0. The van der Waals surface area contributed by atoms with Crippen LogP contribution in [0.15, 0.2) is 49.1 Å². The second-order valence-electron chi connectivity index (χ2n) is 6.13. The number of aromatic hydroxyl groups is 1. The molecule has 0 spiro atoms. The summed E-state index contributed by atoms with van der Waals surface area (Å²) in [5.74, 6) is 0.549. The van der Waals surface area contributed by atoms with Gasteiger partial charge in [0.15, 0.2) is 6.10 Å². The molecule has 24 heavy (non-hydrogen) atoms. The van der Waals surface area contributed by atoms with Crippen molar-refractivity contribution in [3.8, 4) is 11.5 Å². The minimum atomic E-state index is -0.611. The van der Waals surface area contributed by atoms with E-state index in [0.717, 1.165) is 16.7 Å². The molecular formula is C20H21NO3. The Labute approximate surface area is 142 Å². The van der Waals surface area contributed by atoms with E-state index in [1.807, 2.05) is 13.8 Å². The Bertz CT molecular complexity index is 797. The smallest absolute Gasteiger partial charge is 0.268 e. The highest BCUT2D eigenvalue weighted by Gasteiger charge is 2.34. The minimum absolute atomic E-state index is 0.0889. The summed E-state index contributed by atoms with van der Waals surface area (Å²) in [5.41, 5.74) is 4.04. The van der Waals surface area contributed by atoms with Crippen molar-refractivity contribution in [3.63, 3.8) is 0 Å². The van der Waals surface area contributed by atoms with Gasteiger partial charge in [-0.25, -0.2) is 0 Å². The average Bonchev–Trinajstić information content (AvgIpc) is 2.54. The molecule has 1 heterocycles. The molecule has 2 aromatic carbocycles. The molecule has 1 unspecified atom stereocenters. The molecule has 0 saturated carbocycles. The SMILES string of the molecule is C=CCN1C(=O)C(Cc2cc(C)ccc2C)Oc2cc(O)ccc21. The van der Waals surface area contributed by atoms with Crippen molar-refractivity contribution in [3.05, 3.63) is 65.7 Å². The number of carbonyl (C=O) groups excluding carboxylic acids is 1. The number of hydrogen-bond donors (Lipinski definition) is 1. The lowest BCUT2D eigenvalue weighted by Crippen LogP contribution is -2.47. The number of benzene rings is 2. The summed E-state index contributed by atoms with van der Waals surface area (Å²) in [6.45, 7) is 8.20. The predicted octanol–water partition coefficient (Wildman–Crippen LogP) is 3.53. The second-order valence-corrected chi connectivity index (χ2v) is 6.13. The van der Waals surface area contributed by atoms with Crippen molar-refractivity contribution < 1.29 is 14.6 Å². The number of fused-ring (bicyclic) bond motifs is 1. The molecular weight excluding hydrogens is 302 g/mol. The normalized spacial score (nSPS) is 16.5. The molecule has 0 aromatic heterocycles. The summed E-state index contributed by atoms with van der Waals surface area (Å²) in [6.07, 6.45) is 1.57. The lowest BCUT2D eigenvalue weighted by molar-refractivity contribution is -0.126. The molecule has 1 amide bonds. The van der Waals surface area contributed by atoms with Crippen LogP contribution in [0, 0.1) is 13.8 Å². The van der Waals surface area contributed by atoms with Gasteiger partial charge < -0.3 is 14.7 Å². The van der Waals surface area contributed by atoms with E-state index < -0.39 is 6.10 Å². The van der Waals surface area contributed by atoms with Gasteiger partial charge in [-0.1, -0.05) is 29.8 Å². The van der Waals surface area contributed by atoms with Gasteiger partial charge in [0.25, 0.3) is 5.91 Å². The number of ether oxygens (including phenoxy) is 1. The van der Waals surface area contributed by atoms with E-state index in [1.165, 1.54) is 0 Å². The number of amides is 1. The number of phenols is 1. The zero-order chi connectivity index (χ0) is 17.3. The van der Waals surface area contributed by atoms with Crippen molar-refractivity contribution in [1.82, 2.24) is 0 Å².